The van der Waals surface area contributed by atoms with Crippen molar-refractivity contribution < 1.29 is 37.6 Å². The fraction of sp³-hybridized carbons (Fsp3) is 0.548. The van der Waals surface area contributed by atoms with Gasteiger partial charge in [-0.1, -0.05) is 20.8 Å². The van der Waals surface area contributed by atoms with E-state index in [1.807, 2.05) is 20.8 Å². The highest BCUT2D eigenvalue weighted by molar-refractivity contribution is 6.48. The predicted molar refractivity (Wildman–Crippen MR) is 153 cm³/mol. The molecule has 1 unspecified atom stereocenters. The number of amides is 1. The Balaban J connectivity index is 1.71. The maximum atomic E-state index is 15.3. The minimum absolute atomic E-state index is 0.00826. The van der Waals surface area contributed by atoms with Gasteiger partial charge in [0.15, 0.2) is 0 Å². The van der Waals surface area contributed by atoms with Crippen molar-refractivity contribution in [3.8, 4) is 5.75 Å². The fourth-order valence-corrected chi connectivity index (χ4v) is 5.19. The topological polar surface area (TPSA) is 85.3 Å². The van der Waals surface area contributed by atoms with E-state index in [9.17, 15) is 14.7 Å². The zero-order chi connectivity index (χ0) is 30.3. The van der Waals surface area contributed by atoms with Gasteiger partial charge < -0.3 is 24.1 Å². The molecule has 1 aliphatic carbocycles. The second-order valence-electron chi connectivity index (χ2n) is 13.0. The highest BCUT2D eigenvalue weighted by Gasteiger charge is 2.43. The molecule has 10 heteroatoms. The first-order chi connectivity index (χ1) is 19.0. The highest BCUT2D eigenvalue weighted by atomic mass is 19.1. The van der Waals surface area contributed by atoms with Crippen LogP contribution in [-0.2, 0) is 20.8 Å². The third-order valence-electron chi connectivity index (χ3n) is 7.74. The first-order valence-corrected chi connectivity index (χ1v) is 14.0. The van der Waals surface area contributed by atoms with Crippen molar-refractivity contribution in [1.82, 2.24) is 0 Å². The predicted octanol–water partition coefficient (Wildman–Crippen LogP) is 5.17. The van der Waals surface area contributed by atoms with Crippen molar-refractivity contribution >= 4 is 30.5 Å². The third-order valence-corrected chi connectivity index (χ3v) is 7.74. The maximum Gasteiger partial charge on any atom is 0.331 e. The van der Waals surface area contributed by atoms with Crippen LogP contribution in [0, 0.1) is 17.0 Å². The molecule has 0 spiro atoms. The Morgan fingerprint density at radius 2 is 1.80 bits per heavy atom. The number of nitrogens with zero attached hydrogens (tertiary/aromatic N) is 1. The van der Waals surface area contributed by atoms with E-state index in [1.165, 1.54) is 31.4 Å². The van der Waals surface area contributed by atoms with Crippen LogP contribution in [0.5, 0.6) is 5.75 Å². The number of halogens is 2. The molecule has 2 aliphatic rings. The number of carbonyl (C=O) groups is 2. The molecular weight excluding hydrogens is 531 g/mol. The summed E-state index contributed by atoms with van der Waals surface area (Å²) in [6.07, 6.45) is 2.35. The molecule has 0 saturated heterocycles. The van der Waals surface area contributed by atoms with E-state index in [2.05, 4.69) is 0 Å². The largest absolute Gasteiger partial charge is 0.491 e. The number of hydrogen-bond donors (Lipinski definition) is 1. The van der Waals surface area contributed by atoms with Gasteiger partial charge in [0, 0.05) is 12.5 Å². The average molecular weight is 570 g/mol. The van der Waals surface area contributed by atoms with E-state index < -0.39 is 34.7 Å². The van der Waals surface area contributed by atoms with E-state index in [4.69, 9.17) is 14.1 Å². The summed E-state index contributed by atoms with van der Waals surface area (Å²) in [5, 5.41) is 11.3. The molecule has 7 nitrogen and oxygen atoms in total. The third kappa shape index (κ3) is 7.09. The number of anilines is 1. The molecule has 0 bridgehead atoms. The molecule has 221 valence electrons. The van der Waals surface area contributed by atoms with Crippen LogP contribution in [0.15, 0.2) is 24.3 Å². The molecule has 1 atom stereocenters. The highest BCUT2D eigenvalue weighted by Crippen LogP contribution is 2.43. The summed E-state index contributed by atoms with van der Waals surface area (Å²) in [5.41, 5.74) is -1.38. The van der Waals surface area contributed by atoms with Crippen LogP contribution in [0.25, 0.3) is 0 Å². The number of esters is 1. The van der Waals surface area contributed by atoms with Crippen molar-refractivity contribution in [3.05, 3.63) is 52.6 Å². The Kier molecular flexibility index (Phi) is 8.58. The molecule has 0 aromatic heterocycles. The number of fused-ring (bicyclic) bond motifs is 1. The van der Waals surface area contributed by atoms with E-state index in [-0.39, 0.29) is 53.6 Å². The van der Waals surface area contributed by atoms with Gasteiger partial charge in [-0.05, 0) is 86.7 Å². The van der Waals surface area contributed by atoms with Crippen LogP contribution in [0.1, 0.15) is 95.1 Å². The summed E-state index contributed by atoms with van der Waals surface area (Å²) in [4.78, 5) is 26.8. The monoisotopic (exact) mass is 570 g/mol. The van der Waals surface area contributed by atoms with Crippen LogP contribution in [0.2, 0.25) is 0 Å². The Bertz CT molecular complexity index is 1330. The Hall–Kier alpha value is -2.98. The van der Waals surface area contributed by atoms with Crippen molar-refractivity contribution in [1.29, 1.82) is 0 Å². The van der Waals surface area contributed by atoms with Crippen LogP contribution >= 0.6 is 0 Å². The molecule has 2 aromatic rings. The van der Waals surface area contributed by atoms with Gasteiger partial charge >= 0.3 is 13.5 Å². The second-order valence-corrected chi connectivity index (χ2v) is 13.0. The van der Waals surface area contributed by atoms with Gasteiger partial charge in [0.25, 0.3) is 5.91 Å². The molecule has 1 fully saturated rings. The summed E-state index contributed by atoms with van der Waals surface area (Å²) in [5.74, 6) is -2.21. The van der Waals surface area contributed by atoms with E-state index in [1.54, 1.807) is 26.8 Å². The standard InChI is InChI=1S/C31H39BF2NO6/c1-18(36)40-16-22-23(32-41-30(5,6)31(7,38)17-29(2,3)4)14-21(33)15-25(22)35-10-11-39-26-13-20(19-8-9-19)12-24(34)27(26)28(35)37/h12-15,19,38H,8-11,16-17H2,1-7H3. The zero-order valence-corrected chi connectivity index (χ0v) is 24.9. The summed E-state index contributed by atoms with van der Waals surface area (Å²) in [6.45, 7) is 12.2. The SMILES string of the molecule is CC(=O)OCc1c([B]OC(C)(C)C(C)(O)CC(C)(C)C)cc(F)cc1N1CCOc2cc(C3CC3)cc(F)c2C1=O. The Labute approximate surface area is 241 Å². The van der Waals surface area contributed by atoms with E-state index >= 15 is 8.78 Å². The summed E-state index contributed by atoms with van der Waals surface area (Å²) in [6, 6.07) is 5.43. The lowest BCUT2D eigenvalue weighted by Crippen LogP contribution is -2.53. The molecule has 2 aromatic carbocycles. The summed E-state index contributed by atoms with van der Waals surface area (Å²) in [7, 11) is 1.30. The van der Waals surface area contributed by atoms with Crippen LogP contribution in [0.3, 0.4) is 0 Å². The lowest BCUT2D eigenvalue weighted by atomic mass is 9.73. The molecule has 1 radical (unpaired) electrons. The average Bonchev–Trinajstić information content (AvgIpc) is 3.68. The number of carbonyl (C=O) groups excluding carboxylic acids is 2. The van der Waals surface area contributed by atoms with Crippen LogP contribution < -0.4 is 15.1 Å². The molecule has 4 rings (SSSR count). The second kappa shape index (κ2) is 11.4. The zero-order valence-electron chi connectivity index (χ0n) is 24.9. The van der Waals surface area contributed by atoms with Crippen molar-refractivity contribution in [2.75, 3.05) is 18.1 Å². The number of benzene rings is 2. The smallest absolute Gasteiger partial charge is 0.331 e. The van der Waals surface area contributed by atoms with Crippen LogP contribution in [0.4, 0.5) is 14.5 Å². The molecule has 41 heavy (non-hydrogen) atoms. The maximum absolute atomic E-state index is 15.3. The molecule has 1 saturated carbocycles. The van der Waals surface area contributed by atoms with Gasteiger partial charge in [-0.25, -0.2) is 8.78 Å². The molecule has 1 amide bonds. The first kappa shape index (κ1) is 31.0. The minimum atomic E-state index is -1.26. The Morgan fingerprint density at radius 3 is 2.41 bits per heavy atom. The van der Waals surface area contributed by atoms with Crippen molar-refractivity contribution in [2.24, 2.45) is 5.41 Å². The minimum Gasteiger partial charge on any atom is -0.491 e. The Morgan fingerprint density at radius 1 is 1.12 bits per heavy atom. The molecule has 1 aliphatic heterocycles. The van der Waals surface area contributed by atoms with Gasteiger partial charge in [0.1, 0.15) is 36.2 Å². The first-order valence-electron chi connectivity index (χ1n) is 14.0. The quantitative estimate of drug-likeness (QED) is 0.331. The normalized spacial score (nSPS) is 17.3. The van der Waals surface area contributed by atoms with Crippen molar-refractivity contribution in [2.45, 2.75) is 91.5 Å². The van der Waals surface area contributed by atoms with E-state index in [0.717, 1.165) is 24.5 Å². The lowest BCUT2D eigenvalue weighted by Gasteiger charge is -2.44. The number of ether oxygens (including phenoxy) is 2. The van der Waals surface area contributed by atoms with Crippen molar-refractivity contribution in [3.63, 3.8) is 0 Å². The van der Waals surface area contributed by atoms with E-state index in [0.29, 0.717) is 12.0 Å². The number of hydrogen-bond acceptors (Lipinski definition) is 6. The number of rotatable bonds is 9. The van der Waals surface area contributed by atoms with Crippen LogP contribution in [-0.4, -0.2) is 48.8 Å². The summed E-state index contributed by atoms with van der Waals surface area (Å²) < 4.78 is 47.6. The molecular formula is C31H39BF2NO6. The lowest BCUT2D eigenvalue weighted by molar-refractivity contribution is -0.142. The van der Waals surface area contributed by atoms with Gasteiger partial charge in [-0.15, -0.1) is 0 Å². The summed E-state index contributed by atoms with van der Waals surface area (Å²) >= 11 is 0. The van der Waals surface area contributed by atoms with Gasteiger partial charge in [-0.2, -0.15) is 0 Å². The van der Waals surface area contributed by atoms with Gasteiger partial charge in [0.2, 0.25) is 0 Å². The van der Waals surface area contributed by atoms with Gasteiger partial charge in [0.05, 0.1) is 23.4 Å². The number of aliphatic hydroxyl groups is 1. The van der Waals surface area contributed by atoms with Gasteiger partial charge in [-0.3, -0.25) is 9.59 Å². The molecule has 1 heterocycles. The molecule has 1 N–H and O–H groups in total. The fourth-order valence-electron chi connectivity index (χ4n) is 5.19.